The van der Waals surface area contributed by atoms with Gasteiger partial charge in [0.05, 0.1) is 12.7 Å². The average molecular weight is 288 g/mol. The Hall–Kier alpha value is -1.59. The zero-order valence-electron chi connectivity index (χ0n) is 12.9. The number of rotatable bonds is 1. The van der Waals surface area contributed by atoms with Crippen molar-refractivity contribution in [1.82, 2.24) is 19.6 Å². The van der Waals surface area contributed by atoms with E-state index in [1.165, 1.54) is 5.56 Å². The van der Waals surface area contributed by atoms with Gasteiger partial charge in [0.2, 0.25) is 0 Å². The minimum absolute atomic E-state index is 0.170. The minimum atomic E-state index is 0.170. The molecule has 1 aromatic rings. The molecule has 0 radical (unpaired) electrons. The van der Waals surface area contributed by atoms with Gasteiger partial charge >= 0.3 is 6.03 Å². The predicted octanol–water partition coefficient (Wildman–Crippen LogP) is 1.30. The standard InChI is InChI=1S/C16H24N4O/c1-17-8-10-19(11-9-17)16(21)20-13-18(2)12-15(20)14-6-4-3-5-7-14/h3-7,15H,8-13H2,1-2H3. The van der Waals surface area contributed by atoms with E-state index in [0.29, 0.717) is 6.67 Å². The molecule has 2 aliphatic rings. The highest BCUT2D eigenvalue weighted by atomic mass is 16.2. The number of amides is 2. The van der Waals surface area contributed by atoms with Gasteiger partial charge in [-0.1, -0.05) is 30.3 Å². The summed E-state index contributed by atoms with van der Waals surface area (Å²) in [4.78, 5) is 21.3. The first kappa shape index (κ1) is 14.4. The van der Waals surface area contributed by atoms with Crippen molar-refractivity contribution in [2.45, 2.75) is 6.04 Å². The first-order valence-electron chi connectivity index (χ1n) is 7.63. The average Bonchev–Trinajstić information content (AvgIpc) is 2.90. The van der Waals surface area contributed by atoms with Crippen LogP contribution < -0.4 is 0 Å². The van der Waals surface area contributed by atoms with Crippen LogP contribution in [0.25, 0.3) is 0 Å². The number of hydrogen-bond acceptors (Lipinski definition) is 3. The second-order valence-corrected chi connectivity index (χ2v) is 6.15. The number of urea groups is 1. The largest absolute Gasteiger partial charge is 0.322 e. The summed E-state index contributed by atoms with van der Waals surface area (Å²) >= 11 is 0. The molecule has 1 aromatic carbocycles. The molecular weight excluding hydrogens is 264 g/mol. The van der Waals surface area contributed by atoms with E-state index >= 15 is 0 Å². The molecule has 1 atom stereocenters. The van der Waals surface area contributed by atoms with E-state index in [2.05, 4.69) is 36.0 Å². The summed E-state index contributed by atoms with van der Waals surface area (Å²) in [6.45, 7) is 5.21. The lowest BCUT2D eigenvalue weighted by molar-refractivity contribution is 0.116. The Kier molecular flexibility index (Phi) is 4.12. The maximum atomic E-state index is 12.8. The molecule has 0 aromatic heterocycles. The molecule has 21 heavy (non-hydrogen) atoms. The molecule has 0 N–H and O–H groups in total. The topological polar surface area (TPSA) is 30.0 Å². The van der Waals surface area contributed by atoms with E-state index in [4.69, 9.17) is 0 Å². The SMILES string of the molecule is CN1CCN(C(=O)N2CN(C)CC2c2ccccc2)CC1. The summed E-state index contributed by atoms with van der Waals surface area (Å²) in [5.41, 5.74) is 1.23. The van der Waals surface area contributed by atoms with Gasteiger partial charge in [0.25, 0.3) is 0 Å². The van der Waals surface area contributed by atoms with E-state index in [0.717, 1.165) is 32.7 Å². The smallest absolute Gasteiger partial charge is 0.321 e. The number of piperazine rings is 1. The van der Waals surface area contributed by atoms with Gasteiger partial charge in [-0.15, -0.1) is 0 Å². The van der Waals surface area contributed by atoms with Gasteiger partial charge in [-0.3, -0.25) is 4.90 Å². The van der Waals surface area contributed by atoms with Gasteiger partial charge in [0.1, 0.15) is 0 Å². The third-order valence-electron chi connectivity index (χ3n) is 4.46. The van der Waals surface area contributed by atoms with Crippen molar-refractivity contribution >= 4 is 6.03 Å². The Labute approximate surface area is 126 Å². The number of carbonyl (C=O) groups is 1. The number of carbonyl (C=O) groups excluding carboxylic acids is 1. The Balaban J connectivity index is 1.74. The lowest BCUT2D eigenvalue weighted by atomic mass is 10.1. The van der Waals surface area contributed by atoms with Crippen LogP contribution >= 0.6 is 0 Å². The summed E-state index contributed by atoms with van der Waals surface area (Å²) in [6.07, 6.45) is 0. The van der Waals surface area contributed by atoms with Crippen LogP contribution in [0.4, 0.5) is 4.79 Å². The van der Waals surface area contributed by atoms with Gasteiger partial charge in [-0.05, 0) is 19.7 Å². The normalized spacial score (nSPS) is 24.6. The van der Waals surface area contributed by atoms with Gasteiger partial charge < -0.3 is 14.7 Å². The van der Waals surface area contributed by atoms with Gasteiger partial charge in [0.15, 0.2) is 0 Å². The van der Waals surface area contributed by atoms with E-state index in [1.54, 1.807) is 0 Å². The predicted molar refractivity (Wildman–Crippen MR) is 83.0 cm³/mol. The van der Waals surface area contributed by atoms with Crippen LogP contribution in [0.5, 0.6) is 0 Å². The third-order valence-corrected chi connectivity index (χ3v) is 4.46. The maximum absolute atomic E-state index is 12.8. The van der Waals surface area contributed by atoms with Gasteiger partial charge in [0, 0.05) is 32.7 Å². The maximum Gasteiger partial charge on any atom is 0.321 e. The molecule has 2 fully saturated rings. The minimum Gasteiger partial charge on any atom is -0.322 e. The third kappa shape index (κ3) is 3.04. The summed E-state index contributed by atoms with van der Waals surface area (Å²) < 4.78 is 0. The summed E-state index contributed by atoms with van der Waals surface area (Å²) in [5.74, 6) is 0. The molecule has 2 heterocycles. The molecule has 0 bridgehead atoms. The van der Waals surface area contributed by atoms with Crippen molar-refractivity contribution in [3.05, 3.63) is 35.9 Å². The summed E-state index contributed by atoms with van der Waals surface area (Å²) in [7, 11) is 4.19. The van der Waals surface area contributed by atoms with Crippen LogP contribution in [0.15, 0.2) is 30.3 Å². The van der Waals surface area contributed by atoms with Crippen LogP contribution in [-0.4, -0.2) is 79.1 Å². The first-order chi connectivity index (χ1) is 10.1. The molecule has 0 spiro atoms. The van der Waals surface area contributed by atoms with Gasteiger partial charge in [-0.25, -0.2) is 4.79 Å². The molecule has 0 aliphatic carbocycles. The Bertz CT molecular complexity index is 484. The van der Waals surface area contributed by atoms with Crippen LogP contribution in [0, 0.1) is 0 Å². The number of benzene rings is 1. The summed E-state index contributed by atoms with van der Waals surface area (Å²) in [6, 6.07) is 10.7. The fourth-order valence-corrected chi connectivity index (χ4v) is 3.14. The molecular formula is C16H24N4O. The first-order valence-corrected chi connectivity index (χ1v) is 7.63. The van der Waals surface area contributed by atoms with Crippen LogP contribution in [0.2, 0.25) is 0 Å². The molecule has 3 rings (SSSR count). The quantitative estimate of drug-likeness (QED) is 0.780. The van der Waals surface area contributed by atoms with E-state index in [1.807, 2.05) is 28.0 Å². The summed E-state index contributed by atoms with van der Waals surface area (Å²) in [5, 5.41) is 0. The molecule has 2 aliphatic heterocycles. The highest BCUT2D eigenvalue weighted by Gasteiger charge is 2.35. The van der Waals surface area contributed by atoms with Crippen molar-refractivity contribution in [3.8, 4) is 0 Å². The molecule has 2 saturated heterocycles. The molecule has 5 heteroatoms. The Morgan fingerprint density at radius 2 is 1.67 bits per heavy atom. The lowest BCUT2D eigenvalue weighted by Crippen LogP contribution is -2.52. The number of likely N-dealkylation sites (N-methyl/N-ethyl adjacent to an activating group) is 2. The van der Waals surface area contributed by atoms with Crippen molar-refractivity contribution in [2.75, 3.05) is 53.5 Å². The molecule has 0 saturated carbocycles. The lowest BCUT2D eigenvalue weighted by Gasteiger charge is -2.36. The van der Waals surface area contributed by atoms with Crippen molar-refractivity contribution in [3.63, 3.8) is 0 Å². The van der Waals surface area contributed by atoms with E-state index in [-0.39, 0.29) is 12.1 Å². The van der Waals surface area contributed by atoms with E-state index < -0.39 is 0 Å². The molecule has 114 valence electrons. The second kappa shape index (κ2) is 6.03. The highest BCUT2D eigenvalue weighted by Crippen LogP contribution is 2.28. The van der Waals surface area contributed by atoms with Crippen molar-refractivity contribution in [2.24, 2.45) is 0 Å². The second-order valence-electron chi connectivity index (χ2n) is 6.15. The van der Waals surface area contributed by atoms with Crippen LogP contribution in [0.3, 0.4) is 0 Å². The number of hydrogen-bond donors (Lipinski definition) is 0. The molecule has 1 unspecified atom stereocenters. The van der Waals surface area contributed by atoms with Crippen molar-refractivity contribution in [1.29, 1.82) is 0 Å². The Morgan fingerprint density at radius 3 is 2.33 bits per heavy atom. The van der Waals surface area contributed by atoms with E-state index in [9.17, 15) is 4.79 Å². The van der Waals surface area contributed by atoms with Crippen molar-refractivity contribution < 1.29 is 4.79 Å². The molecule has 2 amide bonds. The zero-order chi connectivity index (χ0) is 14.8. The molecule has 5 nitrogen and oxygen atoms in total. The Morgan fingerprint density at radius 1 is 1.00 bits per heavy atom. The fourth-order valence-electron chi connectivity index (χ4n) is 3.14. The zero-order valence-corrected chi connectivity index (χ0v) is 12.9. The monoisotopic (exact) mass is 288 g/mol. The fraction of sp³-hybridized carbons (Fsp3) is 0.562. The van der Waals surface area contributed by atoms with Crippen LogP contribution in [-0.2, 0) is 0 Å². The van der Waals surface area contributed by atoms with Crippen LogP contribution in [0.1, 0.15) is 11.6 Å². The van der Waals surface area contributed by atoms with Gasteiger partial charge in [-0.2, -0.15) is 0 Å². The highest BCUT2D eigenvalue weighted by molar-refractivity contribution is 5.75. The number of nitrogens with zero attached hydrogens (tertiary/aromatic N) is 4.